The van der Waals surface area contributed by atoms with Gasteiger partial charge in [-0.15, -0.1) is 0 Å². The van der Waals surface area contributed by atoms with E-state index in [0.29, 0.717) is 18.9 Å². The van der Waals surface area contributed by atoms with Crippen molar-refractivity contribution in [3.8, 4) is 5.75 Å². The highest BCUT2D eigenvalue weighted by molar-refractivity contribution is 6.64. The lowest BCUT2D eigenvalue weighted by atomic mass is 10.1. The fraction of sp³-hybridized carbons (Fsp3) is 0.500. The van der Waals surface area contributed by atoms with Gasteiger partial charge in [-0.1, -0.05) is 26.0 Å². The van der Waals surface area contributed by atoms with Crippen LogP contribution in [-0.2, 0) is 16.1 Å². The van der Waals surface area contributed by atoms with Gasteiger partial charge in [0.05, 0.1) is 13.7 Å². The van der Waals surface area contributed by atoms with Gasteiger partial charge < -0.3 is 9.47 Å². The normalized spacial score (nSPS) is 12.5. The van der Waals surface area contributed by atoms with Gasteiger partial charge in [0.1, 0.15) is 11.9 Å². The minimum atomic E-state index is -0.534. The maximum absolute atomic E-state index is 11.2. The van der Waals surface area contributed by atoms with Gasteiger partial charge in [-0.05, 0) is 41.6 Å². The molecular formula is C14H19ClO3. The Labute approximate surface area is 113 Å². The Morgan fingerprint density at radius 1 is 1.28 bits per heavy atom. The molecule has 4 heteroatoms. The molecule has 0 amide bonds. The van der Waals surface area contributed by atoms with Crippen LogP contribution in [0, 0.1) is 5.92 Å². The number of rotatable bonds is 7. The summed E-state index contributed by atoms with van der Waals surface area (Å²) in [6.07, 6.45) is 0.104. The standard InChI is InChI=1S/C14H19ClO3/c1-10(2)8-13(14(15)16)18-9-11-4-6-12(17-3)7-5-11/h4-7,10,13H,8-9H2,1-3H3/t13-/m0/s1. The number of ether oxygens (including phenoxy) is 2. The van der Waals surface area contributed by atoms with E-state index in [-0.39, 0.29) is 0 Å². The maximum atomic E-state index is 11.2. The summed E-state index contributed by atoms with van der Waals surface area (Å²) in [5, 5.41) is -0.433. The minimum absolute atomic E-state index is 0.369. The second-order valence-corrected chi connectivity index (χ2v) is 4.95. The molecule has 0 N–H and O–H groups in total. The van der Waals surface area contributed by atoms with E-state index in [9.17, 15) is 4.79 Å². The molecule has 0 aliphatic rings. The first-order chi connectivity index (χ1) is 8.52. The summed E-state index contributed by atoms with van der Waals surface area (Å²) in [5.41, 5.74) is 0.988. The van der Waals surface area contributed by atoms with Gasteiger partial charge in [-0.25, -0.2) is 0 Å². The highest BCUT2D eigenvalue weighted by Gasteiger charge is 2.18. The van der Waals surface area contributed by atoms with E-state index < -0.39 is 11.3 Å². The topological polar surface area (TPSA) is 35.5 Å². The highest BCUT2D eigenvalue weighted by Crippen LogP contribution is 2.16. The lowest BCUT2D eigenvalue weighted by Gasteiger charge is -2.16. The summed E-state index contributed by atoms with van der Waals surface area (Å²) in [7, 11) is 1.62. The SMILES string of the molecule is COc1ccc(CO[C@@H](CC(C)C)C(=O)Cl)cc1. The largest absolute Gasteiger partial charge is 0.497 e. The molecule has 0 aromatic heterocycles. The number of carbonyl (C=O) groups is 1. The molecule has 0 unspecified atom stereocenters. The van der Waals surface area contributed by atoms with Gasteiger partial charge >= 0.3 is 0 Å². The fourth-order valence-corrected chi connectivity index (χ4v) is 1.73. The Kier molecular flexibility index (Phi) is 6.16. The molecule has 0 spiro atoms. The molecule has 0 radical (unpaired) electrons. The Morgan fingerprint density at radius 3 is 2.33 bits per heavy atom. The molecule has 0 saturated carbocycles. The summed E-state index contributed by atoms with van der Waals surface area (Å²) in [5.74, 6) is 1.17. The van der Waals surface area contributed by atoms with Gasteiger partial charge in [-0.3, -0.25) is 4.79 Å². The first-order valence-electron chi connectivity index (χ1n) is 5.96. The van der Waals surface area contributed by atoms with Crippen molar-refractivity contribution in [2.45, 2.75) is 33.0 Å². The molecule has 1 aromatic rings. The first-order valence-corrected chi connectivity index (χ1v) is 6.34. The quantitative estimate of drug-likeness (QED) is 0.713. The van der Waals surface area contributed by atoms with Crippen LogP contribution in [0.3, 0.4) is 0 Å². The van der Waals surface area contributed by atoms with Gasteiger partial charge in [0.25, 0.3) is 5.24 Å². The second-order valence-electron chi connectivity index (χ2n) is 4.58. The average Bonchev–Trinajstić information content (AvgIpc) is 2.34. The number of halogens is 1. The monoisotopic (exact) mass is 270 g/mol. The molecule has 1 atom stereocenters. The van der Waals surface area contributed by atoms with Crippen molar-refractivity contribution in [2.75, 3.05) is 7.11 Å². The van der Waals surface area contributed by atoms with Crippen molar-refractivity contribution in [2.24, 2.45) is 5.92 Å². The van der Waals surface area contributed by atoms with Crippen LogP contribution in [0.4, 0.5) is 0 Å². The molecule has 0 aliphatic heterocycles. The Hall–Kier alpha value is -1.06. The van der Waals surface area contributed by atoms with Crippen LogP contribution in [0.15, 0.2) is 24.3 Å². The zero-order chi connectivity index (χ0) is 13.5. The van der Waals surface area contributed by atoms with Gasteiger partial charge in [0.2, 0.25) is 0 Å². The highest BCUT2D eigenvalue weighted by atomic mass is 35.5. The molecule has 1 rings (SSSR count). The fourth-order valence-electron chi connectivity index (χ4n) is 1.57. The smallest absolute Gasteiger partial charge is 0.250 e. The van der Waals surface area contributed by atoms with E-state index in [0.717, 1.165) is 11.3 Å². The zero-order valence-electron chi connectivity index (χ0n) is 11.0. The third-order valence-corrected chi connectivity index (χ3v) is 2.79. The van der Waals surface area contributed by atoms with Crippen LogP contribution >= 0.6 is 11.6 Å². The number of hydrogen-bond acceptors (Lipinski definition) is 3. The van der Waals surface area contributed by atoms with Crippen molar-refractivity contribution in [1.29, 1.82) is 0 Å². The van der Waals surface area contributed by atoms with Crippen molar-refractivity contribution >= 4 is 16.8 Å². The number of benzene rings is 1. The summed E-state index contributed by atoms with van der Waals surface area (Å²) in [6, 6.07) is 7.53. The Balaban J connectivity index is 2.52. The summed E-state index contributed by atoms with van der Waals surface area (Å²) in [4.78, 5) is 11.2. The lowest BCUT2D eigenvalue weighted by molar-refractivity contribution is -0.124. The number of carbonyl (C=O) groups excluding carboxylic acids is 1. The average molecular weight is 271 g/mol. The molecule has 0 fully saturated rings. The molecule has 0 saturated heterocycles. The second kappa shape index (κ2) is 7.39. The maximum Gasteiger partial charge on any atom is 0.250 e. The van der Waals surface area contributed by atoms with E-state index in [2.05, 4.69) is 0 Å². The van der Waals surface area contributed by atoms with E-state index in [4.69, 9.17) is 21.1 Å². The molecule has 1 aromatic carbocycles. The van der Waals surface area contributed by atoms with Crippen molar-refractivity contribution in [1.82, 2.24) is 0 Å². The van der Waals surface area contributed by atoms with Crippen molar-refractivity contribution in [3.63, 3.8) is 0 Å². The molecule has 0 bridgehead atoms. The minimum Gasteiger partial charge on any atom is -0.497 e. The summed E-state index contributed by atoms with van der Waals surface area (Å²) in [6.45, 7) is 4.44. The number of hydrogen-bond donors (Lipinski definition) is 0. The zero-order valence-corrected chi connectivity index (χ0v) is 11.7. The first kappa shape index (κ1) is 15.0. The summed E-state index contributed by atoms with van der Waals surface area (Å²) < 4.78 is 10.6. The molecule has 100 valence electrons. The van der Waals surface area contributed by atoms with E-state index in [1.54, 1.807) is 7.11 Å². The van der Waals surface area contributed by atoms with Crippen LogP contribution in [0.2, 0.25) is 0 Å². The van der Waals surface area contributed by atoms with Crippen LogP contribution in [0.1, 0.15) is 25.8 Å². The van der Waals surface area contributed by atoms with Crippen LogP contribution in [-0.4, -0.2) is 18.5 Å². The van der Waals surface area contributed by atoms with Crippen molar-refractivity contribution in [3.05, 3.63) is 29.8 Å². The Morgan fingerprint density at radius 2 is 1.89 bits per heavy atom. The van der Waals surface area contributed by atoms with E-state index in [1.807, 2.05) is 38.1 Å². The molecule has 3 nitrogen and oxygen atoms in total. The molecule has 0 heterocycles. The van der Waals surface area contributed by atoms with Crippen LogP contribution < -0.4 is 4.74 Å². The van der Waals surface area contributed by atoms with Crippen molar-refractivity contribution < 1.29 is 14.3 Å². The molecular weight excluding hydrogens is 252 g/mol. The van der Waals surface area contributed by atoms with Gasteiger partial charge in [-0.2, -0.15) is 0 Å². The van der Waals surface area contributed by atoms with Crippen LogP contribution in [0.5, 0.6) is 5.75 Å². The predicted octanol–water partition coefficient (Wildman–Crippen LogP) is 3.39. The Bertz CT molecular complexity index is 373. The summed E-state index contributed by atoms with van der Waals surface area (Å²) >= 11 is 5.52. The van der Waals surface area contributed by atoms with Gasteiger partial charge in [0.15, 0.2) is 0 Å². The number of methoxy groups -OCH3 is 1. The van der Waals surface area contributed by atoms with Gasteiger partial charge in [0, 0.05) is 0 Å². The van der Waals surface area contributed by atoms with E-state index >= 15 is 0 Å². The lowest BCUT2D eigenvalue weighted by Crippen LogP contribution is -2.22. The van der Waals surface area contributed by atoms with Crippen LogP contribution in [0.25, 0.3) is 0 Å². The third-order valence-electron chi connectivity index (χ3n) is 2.55. The van der Waals surface area contributed by atoms with E-state index in [1.165, 1.54) is 0 Å². The molecule has 18 heavy (non-hydrogen) atoms. The third kappa shape index (κ3) is 5.07. The molecule has 0 aliphatic carbocycles. The predicted molar refractivity (Wildman–Crippen MR) is 71.9 cm³/mol.